The van der Waals surface area contributed by atoms with Gasteiger partial charge in [0.1, 0.15) is 0 Å². The number of aliphatic hydroxyl groups excluding tert-OH is 1. The van der Waals surface area contributed by atoms with Crippen molar-refractivity contribution in [3.05, 3.63) is 20.3 Å². The van der Waals surface area contributed by atoms with Gasteiger partial charge in [0.25, 0.3) is 0 Å². The van der Waals surface area contributed by atoms with Crippen molar-refractivity contribution >= 4 is 27.3 Å². The summed E-state index contributed by atoms with van der Waals surface area (Å²) in [4.78, 5) is 2.52. The Hall–Kier alpha value is 0.140. The molecular weight excluding hydrogens is 224 g/mol. The summed E-state index contributed by atoms with van der Waals surface area (Å²) in [5.41, 5.74) is 0. The predicted octanol–water partition coefficient (Wildman–Crippen LogP) is 2.74. The van der Waals surface area contributed by atoms with Gasteiger partial charge in [-0.25, -0.2) is 0 Å². The molecule has 62 valence electrons. The Kier molecular flexibility index (Phi) is 3.10. The molecule has 0 unspecified atom stereocenters. The average molecular weight is 235 g/mol. The number of halogens is 1. The van der Waals surface area contributed by atoms with Gasteiger partial charge in [-0.05, 0) is 35.8 Å². The van der Waals surface area contributed by atoms with Gasteiger partial charge < -0.3 is 5.11 Å². The molecule has 0 aliphatic carbocycles. The third-order valence-electron chi connectivity index (χ3n) is 1.40. The zero-order valence-corrected chi connectivity index (χ0v) is 9.00. The molecule has 1 aromatic rings. The Balaban J connectivity index is 2.73. The van der Waals surface area contributed by atoms with Gasteiger partial charge in [-0.15, -0.1) is 11.3 Å². The summed E-state index contributed by atoms with van der Waals surface area (Å²) in [5.74, 6) is 0. The van der Waals surface area contributed by atoms with Crippen molar-refractivity contribution in [2.24, 2.45) is 0 Å². The molecular formula is C8H11BrOS. The Morgan fingerprint density at radius 1 is 1.73 bits per heavy atom. The van der Waals surface area contributed by atoms with Crippen LogP contribution in [0.15, 0.2) is 10.5 Å². The summed E-state index contributed by atoms with van der Waals surface area (Å²) in [6, 6.07) is 2.08. The highest BCUT2D eigenvalue weighted by Crippen LogP contribution is 2.26. The smallest absolute Gasteiger partial charge is 0.0560 e. The van der Waals surface area contributed by atoms with E-state index in [0.717, 1.165) is 10.9 Å². The molecule has 0 bridgehead atoms. The van der Waals surface area contributed by atoms with E-state index in [2.05, 4.69) is 28.9 Å². The molecule has 11 heavy (non-hydrogen) atoms. The highest BCUT2D eigenvalue weighted by molar-refractivity contribution is 9.10. The number of aryl methyl sites for hydroxylation is 1. The van der Waals surface area contributed by atoms with Crippen molar-refractivity contribution in [2.45, 2.75) is 26.4 Å². The van der Waals surface area contributed by atoms with E-state index in [9.17, 15) is 0 Å². The minimum absolute atomic E-state index is 0.236. The number of thiophene rings is 1. The number of hydrogen-bond donors (Lipinski definition) is 1. The summed E-state index contributed by atoms with van der Waals surface area (Å²) < 4.78 is 1.15. The average Bonchev–Trinajstić information content (AvgIpc) is 2.10. The molecule has 1 heterocycles. The standard InChI is InChI=1S/C8H11BrOS/c1-5(10)3-7-4-8(9)6(2)11-7/h4-5,10H,3H2,1-2H3/t5-/m0/s1. The Morgan fingerprint density at radius 3 is 2.73 bits per heavy atom. The second-order valence-corrected chi connectivity index (χ2v) is 4.87. The van der Waals surface area contributed by atoms with E-state index in [1.807, 2.05) is 6.92 Å². The number of rotatable bonds is 2. The van der Waals surface area contributed by atoms with Crippen molar-refractivity contribution in [1.29, 1.82) is 0 Å². The zero-order valence-electron chi connectivity index (χ0n) is 6.60. The van der Waals surface area contributed by atoms with Crippen molar-refractivity contribution in [1.82, 2.24) is 0 Å². The number of hydrogen-bond acceptors (Lipinski definition) is 2. The fourth-order valence-corrected chi connectivity index (χ4v) is 2.63. The molecule has 1 atom stereocenters. The van der Waals surface area contributed by atoms with Gasteiger partial charge in [0.05, 0.1) is 6.10 Å². The highest BCUT2D eigenvalue weighted by atomic mass is 79.9. The predicted molar refractivity (Wildman–Crippen MR) is 52.1 cm³/mol. The molecule has 1 aromatic heterocycles. The van der Waals surface area contributed by atoms with E-state index in [4.69, 9.17) is 5.11 Å². The lowest BCUT2D eigenvalue weighted by Crippen LogP contribution is -2.01. The van der Waals surface area contributed by atoms with E-state index in [0.29, 0.717) is 0 Å². The first-order chi connectivity index (χ1) is 5.09. The zero-order chi connectivity index (χ0) is 8.43. The summed E-state index contributed by atoms with van der Waals surface area (Å²) in [6.45, 7) is 3.88. The van der Waals surface area contributed by atoms with Crippen molar-refractivity contribution in [3.8, 4) is 0 Å². The first kappa shape index (κ1) is 9.23. The third-order valence-corrected chi connectivity index (χ3v) is 3.56. The molecule has 0 radical (unpaired) electrons. The normalized spacial score (nSPS) is 13.5. The van der Waals surface area contributed by atoms with Crippen LogP contribution in [0.4, 0.5) is 0 Å². The van der Waals surface area contributed by atoms with Gasteiger partial charge in [-0.2, -0.15) is 0 Å². The van der Waals surface area contributed by atoms with E-state index in [1.165, 1.54) is 9.75 Å². The minimum atomic E-state index is -0.236. The monoisotopic (exact) mass is 234 g/mol. The first-order valence-electron chi connectivity index (χ1n) is 3.52. The first-order valence-corrected chi connectivity index (χ1v) is 5.13. The van der Waals surface area contributed by atoms with Gasteiger partial charge in [-0.3, -0.25) is 0 Å². The molecule has 0 aliphatic rings. The molecule has 1 rings (SSSR count). The molecule has 0 fully saturated rings. The van der Waals surface area contributed by atoms with E-state index in [-0.39, 0.29) is 6.10 Å². The van der Waals surface area contributed by atoms with Crippen LogP contribution in [0.25, 0.3) is 0 Å². The second-order valence-electron chi connectivity index (χ2n) is 2.67. The number of aliphatic hydroxyl groups is 1. The van der Waals surface area contributed by atoms with Gasteiger partial charge in [0.15, 0.2) is 0 Å². The molecule has 1 nitrogen and oxygen atoms in total. The molecule has 0 saturated carbocycles. The van der Waals surface area contributed by atoms with Gasteiger partial charge in [-0.1, -0.05) is 0 Å². The fraction of sp³-hybridized carbons (Fsp3) is 0.500. The lowest BCUT2D eigenvalue weighted by molar-refractivity contribution is 0.196. The van der Waals surface area contributed by atoms with Crippen LogP contribution < -0.4 is 0 Å². The van der Waals surface area contributed by atoms with Crippen molar-refractivity contribution in [2.75, 3.05) is 0 Å². The van der Waals surface area contributed by atoms with Crippen molar-refractivity contribution < 1.29 is 5.11 Å². The second kappa shape index (κ2) is 3.70. The quantitative estimate of drug-likeness (QED) is 0.835. The Morgan fingerprint density at radius 2 is 2.36 bits per heavy atom. The molecule has 1 N–H and O–H groups in total. The van der Waals surface area contributed by atoms with Gasteiger partial charge in [0.2, 0.25) is 0 Å². The molecule has 0 aliphatic heterocycles. The van der Waals surface area contributed by atoms with Crippen LogP contribution in [-0.4, -0.2) is 11.2 Å². The molecule has 0 amide bonds. The van der Waals surface area contributed by atoms with Crippen LogP contribution in [0.2, 0.25) is 0 Å². The maximum absolute atomic E-state index is 9.10. The van der Waals surface area contributed by atoms with E-state index < -0.39 is 0 Å². The summed E-state index contributed by atoms with van der Waals surface area (Å²) >= 11 is 5.17. The Labute approximate surface area is 79.2 Å². The van der Waals surface area contributed by atoms with Crippen LogP contribution >= 0.6 is 27.3 Å². The molecule has 0 aromatic carbocycles. The van der Waals surface area contributed by atoms with Gasteiger partial charge in [0, 0.05) is 20.6 Å². The highest BCUT2D eigenvalue weighted by Gasteiger charge is 2.04. The van der Waals surface area contributed by atoms with Crippen LogP contribution in [0, 0.1) is 6.92 Å². The van der Waals surface area contributed by atoms with Crippen LogP contribution in [-0.2, 0) is 6.42 Å². The largest absolute Gasteiger partial charge is 0.393 e. The fourth-order valence-electron chi connectivity index (χ4n) is 0.910. The summed E-state index contributed by atoms with van der Waals surface area (Å²) in [6.07, 6.45) is 0.525. The van der Waals surface area contributed by atoms with Crippen LogP contribution in [0.5, 0.6) is 0 Å². The molecule has 0 saturated heterocycles. The SMILES string of the molecule is Cc1sc(C[C@H](C)O)cc1Br. The third kappa shape index (κ3) is 2.58. The minimum Gasteiger partial charge on any atom is -0.393 e. The summed E-state index contributed by atoms with van der Waals surface area (Å²) in [5, 5.41) is 9.10. The van der Waals surface area contributed by atoms with Crippen molar-refractivity contribution in [3.63, 3.8) is 0 Å². The maximum Gasteiger partial charge on any atom is 0.0560 e. The molecule has 3 heteroatoms. The van der Waals surface area contributed by atoms with Crippen LogP contribution in [0.3, 0.4) is 0 Å². The maximum atomic E-state index is 9.10. The Bertz CT molecular complexity index is 223. The topological polar surface area (TPSA) is 20.2 Å². The molecule has 0 spiro atoms. The van der Waals surface area contributed by atoms with E-state index >= 15 is 0 Å². The van der Waals surface area contributed by atoms with E-state index in [1.54, 1.807) is 11.3 Å². The summed E-state index contributed by atoms with van der Waals surface area (Å²) in [7, 11) is 0. The van der Waals surface area contributed by atoms with Gasteiger partial charge >= 0.3 is 0 Å². The van der Waals surface area contributed by atoms with Crippen LogP contribution in [0.1, 0.15) is 16.7 Å². The lowest BCUT2D eigenvalue weighted by atomic mass is 10.2. The lowest BCUT2D eigenvalue weighted by Gasteiger charge is -1.98.